The van der Waals surface area contributed by atoms with Gasteiger partial charge in [0.1, 0.15) is 5.82 Å². The maximum atomic E-state index is 13.1. The van der Waals surface area contributed by atoms with Crippen molar-refractivity contribution in [2.24, 2.45) is 0 Å². The summed E-state index contributed by atoms with van der Waals surface area (Å²) in [5, 5.41) is 17.2. The van der Waals surface area contributed by atoms with Gasteiger partial charge in [-0.2, -0.15) is 5.26 Å². The number of aromatic nitrogens is 2. The van der Waals surface area contributed by atoms with Gasteiger partial charge in [0.2, 0.25) is 11.8 Å². The fraction of sp³-hybridized carbons (Fsp3) is 0.238. The second-order valence-corrected chi connectivity index (χ2v) is 6.74. The standard InChI is InChI=1S/C21H17FN4O2/c22-18-8-6-15(7-9-18)19-24-25-20(28-19)17-5-2-10-26(13-17)21(27)16-4-1-3-14(11-16)12-23/h1,3-4,6-9,11,17H,2,5,10,13H2. The van der Waals surface area contributed by atoms with Gasteiger partial charge in [0.25, 0.3) is 5.91 Å². The smallest absolute Gasteiger partial charge is 0.253 e. The van der Waals surface area contributed by atoms with E-state index in [0.717, 1.165) is 12.8 Å². The van der Waals surface area contributed by atoms with Gasteiger partial charge in [-0.15, -0.1) is 10.2 Å². The summed E-state index contributed by atoms with van der Waals surface area (Å²) in [6.45, 7) is 1.12. The Bertz CT molecular complexity index is 1040. The van der Waals surface area contributed by atoms with Crippen LogP contribution >= 0.6 is 0 Å². The van der Waals surface area contributed by atoms with E-state index >= 15 is 0 Å². The molecule has 1 aromatic heterocycles. The second-order valence-electron chi connectivity index (χ2n) is 6.74. The summed E-state index contributed by atoms with van der Waals surface area (Å²) in [6.07, 6.45) is 1.66. The van der Waals surface area contributed by atoms with Crippen molar-refractivity contribution in [2.45, 2.75) is 18.8 Å². The molecule has 1 atom stereocenters. The van der Waals surface area contributed by atoms with E-state index in [9.17, 15) is 9.18 Å². The van der Waals surface area contributed by atoms with Crippen LogP contribution in [0.2, 0.25) is 0 Å². The maximum absolute atomic E-state index is 13.1. The Balaban J connectivity index is 1.50. The molecule has 0 bridgehead atoms. The van der Waals surface area contributed by atoms with E-state index in [0.29, 0.717) is 41.6 Å². The first-order valence-corrected chi connectivity index (χ1v) is 9.03. The summed E-state index contributed by atoms with van der Waals surface area (Å²) in [6, 6.07) is 14.6. The monoisotopic (exact) mass is 376 g/mol. The number of piperidine rings is 1. The summed E-state index contributed by atoms with van der Waals surface area (Å²) in [5.41, 5.74) is 1.61. The SMILES string of the molecule is N#Cc1cccc(C(=O)N2CCCC(c3nnc(-c4ccc(F)cc4)o3)C2)c1. The molecule has 0 radical (unpaired) electrons. The minimum Gasteiger partial charge on any atom is -0.420 e. The number of likely N-dealkylation sites (tertiary alicyclic amines) is 1. The van der Waals surface area contributed by atoms with Crippen molar-refractivity contribution in [1.29, 1.82) is 5.26 Å². The molecule has 1 aliphatic rings. The fourth-order valence-corrected chi connectivity index (χ4v) is 3.38. The summed E-state index contributed by atoms with van der Waals surface area (Å²) in [4.78, 5) is 14.6. The highest BCUT2D eigenvalue weighted by molar-refractivity contribution is 5.94. The first kappa shape index (κ1) is 17.9. The van der Waals surface area contributed by atoms with E-state index < -0.39 is 0 Å². The molecule has 1 aliphatic heterocycles. The van der Waals surface area contributed by atoms with Gasteiger partial charge >= 0.3 is 0 Å². The van der Waals surface area contributed by atoms with Crippen LogP contribution in [0, 0.1) is 17.1 Å². The zero-order valence-electron chi connectivity index (χ0n) is 15.0. The molecule has 0 N–H and O–H groups in total. The van der Waals surface area contributed by atoms with Crippen LogP contribution in [0.4, 0.5) is 4.39 Å². The van der Waals surface area contributed by atoms with Gasteiger partial charge in [0.05, 0.1) is 17.6 Å². The first-order valence-electron chi connectivity index (χ1n) is 9.03. The topological polar surface area (TPSA) is 83.0 Å². The molecule has 140 valence electrons. The predicted octanol–water partition coefficient (Wildman–Crippen LogP) is 3.77. The molecule has 2 heterocycles. The zero-order chi connectivity index (χ0) is 19.5. The van der Waals surface area contributed by atoms with Crippen LogP contribution in [-0.4, -0.2) is 34.1 Å². The number of nitriles is 1. The lowest BCUT2D eigenvalue weighted by atomic mass is 9.97. The van der Waals surface area contributed by atoms with Crippen molar-refractivity contribution in [1.82, 2.24) is 15.1 Å². The van der Waals surface area contributed by atoms with Crippen molar-refractivity contribution in [3.05, 3.63) is 71.4 Å². The van der Waals surface area contributed by atoms with Crippen molar-refractivity contribution in [3.63, 3.8) is 0 Å². The van der Waals surface area contributed by atoms with Gasteiger partial charge in [-0.25, -0.2) is 4.39 Å². The van der Waals surface area contributed by atoms with Crippen molar-refractivity contribution >= 4 is 5.91 Å². The van der Waals surface area contributed by atoms with Gasteiger partial charge < -0.3 is 9.32 Å². The number of benzene rings is 2. The Kier molecular flexibility index (Phi) is 4.85. The van der Waals surface area contributed by atoms with Crippen LogP contribution in [-0.2, 0) is 0 Å². The average molecular weight is 376 g/mol. The summed E-state index contributed by atoms with van der Waals surface area (Å²) >= 11 is 0. The van der Waals surface area contributed by atoms with Gasteiger partial charge in [-0.05, 0) is 55.3 Å². The molecule has 1 unspecified atom stereocenters. The third kappa shape index (κ3) is 3.62. The largest absolute Gasteiger partial charge is 0.420 e. The molecule has 1 amide bonds. The number of carbonyl (C=O) groups excluding carboxylic acids is 1. The Morgan fingerprint density at radius 3 is 2.82 bits per heavy atom. The lowest BCUT2D eigenvalue weighted by Gasteiger charge is -2.31. The molecular formula is C21H17FN4O2. The maximum Gasteiger partial charge on any atom is 0.253 e. The van der Waals surface area contributed by atoms with E-state index in [-0.39, 0.29) is 17.6 Å². The summed E-state index contributed by atoms with van der Waals surface area (Å²) < 4.78 is 18.9. The number of hydrogen-bond acceptors (Lipinski definition) is 5. The van der Waals surface area contributed by atoms with Crippen molar-refractivity contribution < 1.29 is 13.6 Å². The Labute approximate surface area is 161 Å². The van der Waals surface area contributed by atoms with Gasteiger partial charge in [0.15, 0.2) is 0 Å². The number of rotatable bonds is 3. The highest BCUT2D eigenvalue weighted by Crippen LogP contribution is 2.29. The van der Waals surface area contributed by atoms with Crippen LogP contribution < -0.4 is 0 Å². The number of nitrogens with zero attached hydrogens (tertiary/aromatic N) is 4. The van der Waals surface area contributed by atoms with Crippen LogP contribution in [0.25, 0.3) is 11.5 Å². The summed E-state index contributed by atoms with van der Waals surface area (Å²) in [5.74, 6) is 0.312. The molecule has 4 rings (SSSR count). The normalized spacial score (nSPS) is 16.6. The van der Waals surface area contributed by atoms with Crippen molar-refractivity contribution in [2.75, 3.05) is 13.1 Å². The van der Waals surface area contributed by atoms with Gasteiger partial charge in [0, 0.05) is 24.2 Å². The van der Waals surface area contributed by atoms with E-state index in [2.05, 4.69) is 16.3 Å². The first-order chi connectivity index (χ1) is 13.6. The van der Waals surface area contributed by atoms with Crippen LogP contribution in [0.15, 0.2) is 52.9 Å². The van der Waals surface area contributed by atoms with Crippen LogP contribution in [0.5, 0.6) is 0 Å². The third-order valence-corrected chi connectivity index (χ3v) is 4.83. The van der Waals surface area contributed by atoms with Gasteiger partial charge in [-0.1, -0.05) is 6.07 Å². The van der Waals surface area contributed by atoms with E-state index in [1.54, 1.807) is 41.3 Å². The molecule has 3 aromatic rings. The van der Waals surface area contributed by atoms with E-state index in [4.69, 9.17) is 9.68 Å². The molecule has 7 heteroatoms. The Hall–Kier alpha value is -3.53. The highest BCUT2D eigenvalue weighted by Gasteiger charge is 2.29. The van der Waals surface area contributed by atoms with Crippen LogP contribution in [0.1, 0.15) is 40.6 Å². The molecule has 28 heavy (non-hydrogen) atoms. The minimum absolute atomic E-state index is 0.0569. The molecule has 1 fully saturated rings. The number of halogens is 1. The van der Waals surface area contributed by atoms with Crippen LogP contribution in [0.3, 0.4) is 0 Å². The van der Waals surface area contributed by atoms with E-state index in [1.165, 1.54) is 12.1 Å². The fourth-order valence-electron chi connectivity index (χ4n) is 3.38. The highest BCUT2D eigenvalue weighted by atomic mass is 19.1. The second kappa shape index (κ2) is 7.61. The zero-order valence-corrected chi connectivity index (χ0v) is 15.0. The molecule has 2 aromatic carbocycles. The Morgan fingerprint density at radius 1 is 1.21 bits per heavy atom. The number of amides is 1. The Morgan fingerprint density at radius 2 is 2.04 bits per heavy atom. The average Bonchev–Trinajstić information content (AvgIpc) is 3.24. The third-order valence-electron chi connectivity index (χ3n) is 4.83. The lowest BCUT2D eigenvalue weighted by Crippen LogP contribution is -2.39. The molecular weight excluding hydrogens is 359 g/mol. The summed E-state index contributed by atoms with van der Waals surface area (Å²) in [7, 11) is 0. The van der Waals surface area contributed by atoms with Crippen molar-refractivity contribution in [3.8, 4) is 17.5 Å². The molecule has 1 saturated heterocycles. The number of carbonyl (C=O) groups is 1. The molecule has 6 nitrogen and oxygen atoms in total. The minimum atomic E-state index is -0.328. The molecule has 0 aliphatic carbocycles. The lowest BCUT2D eigenvalue weighted by molar-refractivity contribution is 0.0698. The van der Waals surface area contributed by atoms with E-state index in [1.807, 2.05) is 0 Å². The van der Waals surface area contributed by atoms with Gasteiger partial charge in [-0.3, -0.25) is 4.79 Å². The molecule has 0 saturated carbocycles. The quantitative estimate of drug-likeness (QED) is 0.695. The predicted molar refractivity (Wildman–Crippen MR) is 98.7 cm³/mol. The number of hydrogen-bond donors (Lipinski definition) is 0. The molecule has 0 spiro atoms.